The summed E-state index contributed by atoms with van der Waals surface area (Å²) in [6, 6.07) is 5.53. The molecule has 0 heterocycles. The number of aliphatic hydroxyl groups excluding tert-OH is 1. The maximum Gasteiger partial charge on any atom is 0.0682 e. The monoisotopic (exact) mass is 249 g/mol. The minimum Gasteiger partial charge on any atom is -0.398 e. The molecule has 1 aromatic carbocycles. The van der Waals surface area contributed by atoms with Crippen LogP contribution < -0.4 is 5.73 Å². The predicted octanol–water partition coefficient (Wildman–Crippen LogP) is 1.37. The van der Waals surface area contributed by atoms with Gasteiger partial charge < -0.3 is 10.8 Å². The van der Waals surface area contributed by atoms with Crippen LogP contribution in [0, 0.1) is 3.57 Å². The van der Waals surface area contributed by atoms with Crippen LogP contribution in [-0.2, 0) is 6.61 Å². The van der Waals surface area contributed by atoms with Crippen molar-refractivity contribution in [2.24, 2.45) is 0 Å². The Balaban J connectivity index is 3.04. The summed E-state index contributed by atoms with van der Waals surface area (Å²) < 4.78 is 1.02. The van der Waals surface area contributed by atoms with Gasteiger partial charge in [-0.25, -0.2) is 0 Å². The van der Waals surface area contributed by atoms with Crippen molar-refractivity contribution >= 4 is 28.3 Å². The molecule has 1 aromatic rings. The number of nitrogen functional groups attached to an aromatic ring is 1. The molecule has 0 spiro atoms. The number of rotatable bonds is 1. The van der Waals surface area contributed by atoms with Crippen LogP contribution in [0.1, 0.15) is 5.56 Å². The van der Waals surface area contributed by atoms with Crippen molar-refractivity contribution in [3.63, 3.8) is 0 Å². The van der Waals surface area contributed by atoms with E-state index in [0.29, 0.717) is 0 Å². The van der Waals surface area contributed by atoms with Gasteiger partial charge in [0.05, 0.1) is 6.61 Å². The summed E-state index contributed by atoms with van der Waals surface area (Å²) in [5.74, 6) is 0. The lowest BCUT2D eigenvalue weighted by molar-refractivity contribution is 0.282. The Bertz CT molecular complexity index is 237. The van der Waals surface area contributed by atoms with Gasteiger partial charge in [-0.1, -0.05) is 6.07 Å². The van der Waals surface area contributed by atoms with Crippen LogP contribution in [0.15, 0.2) is 18.2 Å². The Morgan fingerprint density at radius 2 is 2.20 bits per heavy atom. The minimum atomic E-state index is 0.0567. The summed E-state index contributed by atoms with van der Waals surface area (Å²) in [7, 11) is 0. The zero-order chi connectivity index (χ0) is 7.56. The molecular formula is C7H8INO. The molecule has 0 aliphatic carbocycles. The second-order valence-corrected chi connectivity index (χ2v) is 3.18. The van der Waals surface area contributed by atoms with E-state index in [4.69, 9.17) is 10.8 Å². The van der Waals surface area contributed by atoms with Gasteiger partial charge >= 0.3 is 0 Å². The van der Waals surface area contributed by atoms with Crippen molar-refractivity contribution in [3.8, 4) is 0 Å². The second kappa shape index (κ2) is 3.21. The third kappa shape index (κ3) is 1.60. The summed E-state index contributed by atoms with van der Waals surface area (Å²) in [5.41, 5.74) is 7.17. The Hall–Kier alpha value is -0.290. The van der Waals surface area contributed by atoms with E-state index in [-0.39, 0.29) is 6.61 Å². The SMILES string of the molecule is Nc1cc(CO)ccc1I. The van der Waals surface area contributed by atoms with Gasteiger partial charge in [-0.05, 0) is 40.3 Å². The van der Waals surface area contributed by atoms with Gasteiger partial charge in [-0.3, -0.25) is 0 Å². The van der Waals surface area contributed by atoms with Crippen LogP contribution >= 0.6 is 22.6 Å². The standard InChI is InChI=1S/C7H8INO/c8-6-2-1-5(4-10)3-7(6)9/h1-3,10H,4,9H2. The molecule has 10 heavy (non-hydrogen) atoms. The molecule has 3 heteroatoms. The molecule has 0 aromatic heterocycles. The molecule has 0 aliphatic heterocycles. The molecule has 0 saturated heterocycles. The summed E-state index contributed by atoms with van der Waals surface area (Å²) in [5, 5.41) is 8.69. The number of anilines is 1. The quantitative estimate of drug-likeness (QED) is 0.583. The lowest BCUT2D eigenvalue weighted by atomic mass is 10.2. The first-order valence-electron chi connectivity index (χ1n) is 2.89. The van der Waals surface area contributed by atoms with Gasteiger partial charge in [0.15, 0.2) is 0 Å². The normalized spacial score (nSPS) is 9.80. The Kier molecular flexibility index (Phi) is 2.50. The van der Waals surface area contributed by atoms with Crippen LogP contribution in [0.2, 0.25) is 0 Å². The summed E-state index contributed by atoms with van der Waals surface area (Å²) >= 11 is 2.15. The predicted molar refractivity (Wildman–Crippen MR) is 49.5 cm³/mol. The van der Waals surface area contributed by atoms with Crippen LogP contribution in [0.5, 0.6) is 0 Å². The van der Waals surface area contributed by atoms with Gasteiger partial charge in [0.2, 0.25) is 0 Å². The van der Waals surface area contributed by atoms with E-state index < -0.39 is 0 Å². The highest BCUT2D eigenvalue weighted by Crippen LogP contribution is 2.15. The average Bonchev–Trinajstić information content (AvgIpc) is 1.95. The maximum atomic E-state index is 8.69. The van der Waals surface area contributed by atoms with Gasteiger partial charge in [-0.2, -0.15) is 0 Å². The highest BCUT2D eigenvalue weighted by atomic mass is 127. The van der Waals surface area contributed by atoms with E-state index in [1.165, 1.54) is 0 Å². The van der Waals surface area contributed by atoms with Gasteiger partial charge in [-0.15, -0.1) is 0 Å². The zero-order valence-electron chi connectivity index (χ0n) is 5.34. The smallest absolute Gasteiger partial charge is 0.0682 e. The molecule has 0 radical (unpaired) electrons. The van der Waals surface area contributed by atoms with Gasteiger partial charge in [0.25, 0.3) is 0 Å². The number of benzene rings is 1. The summed E-state index contributed by atoms with van der Waals surface area (Å²) in [6.45, 7) is 0.0567. The van der Waals surface area contributed by atoms with Crippen molar-refractivity contribution in [3.05, 3.63) is 27.3 Å². The van der Waals surface area contributed by atoms with Crippen LogP contribution in [0.25, 0.3) is 0 Å². The minimum absolute atomic E-state index is 0.0567. The lowest BCUT2D eigenvalue weighted by Gasteiger charge is -1.99. The van der Waals surface area contributed by atoms with Gasteiger partial charge in [0.1, 0.15) is 0 Å². The molecule has 0 amide bonds. The van der Waals surface area contributed by atoms with E-state index in [0.717, 1.165) is 14.8 Å². The van der Waals surface area contributed by atoms with E-state index in [1.54, 1.807) is 6.07 Å². The molecular weight excluding hydrogens is 241 g/mol. The third-order valence-corrected chi connectivity index (χ3v) is 2.23. The van der Waals surface area contributed by atoms with Crippen molar-refractivity contribution < 1.29 is 5.11 Å². The van der Waals surface area contributed by atoms with Crippen molar-refractivity contribution in [2.75, 3.05) is 5.73 Å². The molecule has 0 bridgehead atoms. The average molecular weight is 249 g/mol. The first-order chi connectivity index (χ1) is 4.74. The van der Waals surface area contributed by atoms with Gasteiger partial charge in [0, 0.05) is 9.26 Å². The molecule has 0 atom stereocenters. The molecule has 2 nitrogen and oxygen atoms in total. The highest BCUT2D eigenvalue weighted by Gasteiger charge is 1.94. The molecule has 0 unspecified atom stereocenters. The van der Waals surface area contributed by atoms with Crippen molar-refractivity contribution in [1.82, 2.24) is 0 Å². The summed E-state index contributed by atoms with van der Waals surface area (Å²) in [4.78, 5) is 0. The largest absolute Gasteiger partial charge is 0.398 e. The number of aliphatic hydroxyl groups is 1. The van der Waals surface area contributed by atoms with E-state index in [9.17, 15) is 0 Å². The van der Waals surface area contributed by atoms with Crippen molar-refractivity contribution in [2.45, 2.75) is 6.61 Å². The molecule has 0 fully saturated rings. The lowest BCUT2D eigenvalue weighted by Crippen LogP contribution is -1.91. The van der Waals surface area contributed by atoms with Crippen LogP contribution in [0.3, 0.4) is 0 Å². The first-order valence-corrected chi connectivity index (χ1v) is 3.96. The molecule has 1 rings (SSSR count). The molecule has 54 valence electrons. The fourth-order valence-corrected chi connectivity index (χ4v) is 1.03. The number of hydrogen-bond donors (Lipinski definition) is 2. The second-order valence-electron chi connectivity index (χ2n) is 2.01. The van der Waals surface area contributed by atoms with E-state index in [1.807, 2.05) is 12.1 Å². The molecule has 0 aliphatic rings. The Morgan fingerprint density at radius 3 is 2.70 bits per heavy atom. The molecule has 3 N–H and O–H groups in total. The maximum absolute atomic E-state index is 8.69. The third-order valence-electron chi connectivity index (χ3n) is 1.24. The van der Waals surface area contributed by atoms with Crippen molar-refractivity contribution in [1.29, 1.82) is 0 Å². The van der Waals surface area contributed by atoms with E-state index >= 15 is 0 Å². The van der Waals surface area contributed by atoms with Crippen LogP contribution in [0.4, 0.5) is 5.69 Å². The highest BCUT2D eigenvalue weighted by molar-refractivity contribution is 14.1. The molecule has 0 saturated carbocycles. The number of nitrogens with two attached hydrogens (primary N) is 1. The van der Waals surface area contributed by atoms with E-state index in [2.05, 4.69) is 22.6 Å². The topological polar surface area (TPSA) is 46.2 Å². The Morgan fingerprint density at radius 1 is 1.50 bits per heavy atom. The number of hydrogen-bond acceptors (Lipinski definition) is 2. The fraction of sp³-hybridized carbons (Fsp3) is 0.143. The summed E-state index contributed by atoms with van der Waals surface area (Å²) in [6.07, 6.45) is 0. The van der Waals surface area contributed by atoms with Crippen LogP contribution in [-0.4, -0.2) is 5.11 Å². The fourth-order valence-electron chi connectivity index (χ4n) is 0.692. The zero-order valence-corrected chi connectivity index (χ0v) is 7.50. The number of halogens is 1. The first kappa shape index (κ1) is 7.81. The Labute approximate surface area is 73.2 Å².